The molecule has 0 amide bonds. The summed E-state index contributed by atoms with van der Waals surface area (Å²) < 4.78 is 37.8. The average molecular weight is 322 g/mol. The Bertz CT molecular complexity index is 644. The number of hydrogen-bond donors (Lipinski definition) is 1. The second-order valence-corrected chi connectivity index (χ2v) is 4.86. The molecular weight excluding hydrogens is 314 g/mol. The summed E-state index contributed by atoms with van der Waals surface area (Å²) in [4.78, 5) is 3.77. The summed E-state index contributed by atoms with van der Waals surface area (Å²) in [5.41, 5.74) is -0.350. The molecule has 2 aromatic rings. The van der Waals surface area contributed by atoms with Crippen LogP contribution < -0.4 is 0 Å². The van der Waals surface area contributed by atoms with Crippen LogP contribution in [0.5, 0.6) is 0 Å². The number of halogens is 5. The van der Waals surface area contributed by atoms with Crippen LogP contribution in [0.3, 0.4) is 0 Å². The van der Waals surface area contributed by atoms with E-state index >= 15 is 0 Å². The quantitative estimate of drug-likeness (QED) is 0.879. The largest absolute Gasteiger partial charge is 0.417 e. The zero-order chi connectivity index (χ0) is 14.9. The van der Waals surface area contributed by atoms with Crippen molar-refractivity contribution in [2.45, 2.75) is 12.8 Å². The van der Waals surface area contributed by atoms with Crippen LogP contribution in [0.2, 0.25) is 10.0 Å². The van der Waals surface area contributed by atoms with Crippen LogP contribution >= 0.6 is 23.2 Å². The van der Waals surface area contributed by atoms with Gasteiger partial charge in [-0.25, -0.2) is 0 Å². The Hall–Kier alpha value is -1.30. The minimum atomic E-state index is -4.52. The minimum Gasteiger partial charge on any atom is -0.392 e. The van der Waals surface area contributed by atoms with Crippen molar-refractivity contribution in [3.05, 3.63) is 51.6 Å². The number of aliphatic hydroxyl groups excluding tert-OH is 1. The number of aromatic nitrogens is 1. The zero-order valence-electron chi connectivity index (χ0n) is 9.88. The first-order valence-electron chi connectivity index (χ1n) is 5.45. The monoisotopic (exact) mass is 321 g/mol. The molecule has 1 aromatic carbocycles. The molecule has 106 valence electrons. The van der Waals surface area contributed by atoms with Crippen molar-refractivity contribution < 1.29 is 18.3 Å². The summed E-state index contributed by atoms with van der Waals surface area (Å²) in [5, 5.41) is 9.91. The van der Waals surface area contributed by atoms with Crippen molar-refractivity contribution in [2.24, 2.45) is 0 Å². The summed E-state index contributed by atoms with van der Waals surface area (Å²) in [5.74, 6) is 0. The molecule has 0 unspecified atom stereocenters. The number of rotatable bonds is 2. The van der Waals surface area contributed by atoms with Gasteiger partial charge in [0.1, 0.15) is 0 Å². The highest BCUT2D eigenvalue weighted by atomic mass is 35.5. The average Bonchev–Trinajstić information content (AvgIpc) is 2.40. The highest BCUT2D eigenvalue weighted by Gasteiger charge is 2.31. The van der Waals surface area contributed by atoms with Gasteiger partial charge in [0.2, 0.25) is 0 Å². The summed E-state index contributed by atoms with van der Waals surface area (Å²) >= 11 is 11.8. The SMILES string of the molecule is OCc1cc(C(F)(F)F)cnc1-c1cc(Cl)ccc1Cl. The summed E-state index contributed by atoms with van der Waals surface area (Å²) in [7, 11) is 0. The maximum absolute atomic E-state index is 12.6. The van der Waals surface area contributed by atoms with Gasteiger partial charge in [0.25, 0.3) is 0 Å². The maximum Gasteiger partial charge on any atom is 0.417 e. The number of alkyl halides is 3. The molecule has 0 bridgehead atoms. The molecule has 0 spiro atoms. The normalized spacial score (nSPS) is 11.7. The lowest BCUT2D eigenvalue weighted by molar-refractivity contribution is -0.137. The molecule has 7 heteroatoms. The van der Waals surface area contributed by atoms with E-state index in [-0.39, 0.29) is 16.3 Å². The van der Waals surface area contributed by atoms with Crippen LogP contribution in [0.25, 0.3) is 11.3 Å². The molecule has 0 saturated carbocycles. The molecule has 1 aromatic heterocycles. The molecule has 1 heterocycles. The van der Waals surface area contributed by atoms with E-state index in [1.807, 2.05) is 0 Å². The van der Waals surface area contributed by atoms with Gasteiger partial charge in [-0.3, -0.25) is 4.98 Å². The van der Waals surface area contributed by atoms with Crippen molar-refractivity contribution in [1.29, 1.82) is 0 Å². The first-order chi connectivity index (χ1) is 9.32. The molecule has 20 heavy (non-hydrogen) atoms. The number of benzene rings is 1. The van der Waals surface area contributed by atoms with Crippen molar-refractivity contribution >= 4 is 23.2 Å². The van der Waals surface area contributed by atoms with E-state index in [9.17, 15) is 18.3 Å². The highest BCUT2D eigenvalue weighted by molar-refractivity contribution is 6.35. The van der Waals surface area contributed by atoms with Crippen LogP contribution in [-0.4, -0.2) is 10.1 Å². The molecule has 2 nitrogen and oxygen atoms in total. The first kappa shape index (κ1) is 15.1. The van der Waals surface area contributed by atoms with Crippen LogP contribution in [0.15, 0.2) is 30.5 Å². The molecule has 0 radical (unpaired) electrons. The van der Waals surface area contributed by atoms with E-state index in [2.05, 4.69) is 4.98 Å². The standard InChI is InChI=1S/C13H8Cl2F3NO/c14-9-1-2-11(15)10(4-9)12-7(6-20)3-8(5-19-12)13(16,17)18/h1-5,20H,6H2. The molecule has 0 aliphatic heterocycles. The fraction of sp³-hybridized carbons (Fsp3) is 0.154. The molecule has 0 aliphatic carbocycles. The van der Waals surface area contributed by atoms with E-state index in [0.717, 1.165) is 6.07 Å². The van der Waals surface area contributed by atoms with Crippen LogP contribution in [-0.2, 0) is 12.8 Å². The van der Waals surface area contributed by atoms with Gasteiger partial charge in [-0.1, -0.05) is 23.2 Å². The lowest BCUT2D eigenvalue weighted by atomic mass is 10.0. The molecule has 2 rings (SSSR count). The van der Waals surface area contributed by atoms with Crippen LogP contribution in [0, 0.1) is 0 Å². The van der Waals surface area contributed by atoms with E-state index in [1.165, 1.54) is 12.1 Å². The molecule has 0 fully saturated rings. The van der Waals surface area contributed by atoms with E-state index in [1.54, 1.807) is 6.07 Å². The zero-order valence-corrected chi connectivity index (χ0v) is 11.4. The summed E-state index contributed by atoms with van der Waals surface area (Å²) in [6.07, 6.45) is -3.82. The van der Waals surface area contributed by atoms with Gasteiger partial charge in [0.05, 0.1) is 22.9 Å². The van der Waals surface area contributed by atoms with Crippen molar-refractivity contribution in [1.82, 2.24) is 4.98 Å². The minimum absolute atomic E-state index is 0.0315. The van der Waals surface area contributed by atoms with Crippen LogP contribution in [0.1, 0.15) is 11.1 Å². The maximum atomic E-state index is 12.6. The first-order valence-corrected chi connectivity index (χ1v) is 6.21. The van der Waals surface area contributed by atoms with E-state index in [4.69, 9.17) is 23.2 Å². The topological polar surface area (TPSA) is 33.1 Å². The second-order valence-electron chi connectivity index (χ2n) is 4.01. The Morgan fingerprint density at radius 2 is 1.85 bits per heavy atom. The van der Waals surface area contributed by atoms with Crippen molar-refractivity contribution in [3.8, 4) is 11.3 Å². The smallest absolute Gasteiger partial charge is 0.392 e. The molecule has 0 atom stereocenters. The lowest BCUT2D eigenvalue weighted by Gasteiger charge is -2.12. The Morgan fingerprint density at radius 1 is 1.15 bits per heavy atom. The summed E-state index contributed by atoms with van der Waals surface area (Å²) in [6.45, 7) is -0.588. The van der Waals surface area contributed by atoms with Crippen molar-refractivity contribution in [2.75, 3.05) is 0 Å². The number of hydrogen-bond acceptors (Lipinski definition) is 2. The van der Waals surface area contributed by atoms with E-state index < -0.39 is 18.3 Å². The van der Waals surface area contributed by atoms with E-state index in [0.29, 0.717) is 16.8 Å². The second kappa shape index (κ2) is 5.60. The van der Waals surface area contributed by atoms with Crippen LogP contribution in [0.4, 0.5) is 13.2 Å². The number of pyridine rings is 1. The van der Waals surface area contributed by atoms with Gasteiger partial charge in [0, 0.05) is 22.3 Å². The Kier molecular flexibility index (Phi) is 4.22. The van der Waals surface area contributed by atoms with Gasteiger partial charge < -0.3 is 5.11 Å². The number of nitrogens with zero attached hydrogens (tertiary/aromatic N) is 1. The predicted molar refractivity (Wildman–Crippen MR) is 70.6 cm³/mol. The van der Waals surface area contributed by atoms with Gasteiger partial charge in [0.15, 0.2) is 0 Å². The fourth-order valence-electron chi connectivity index (χ4n) is 1.71. The molecular formula is C13H8Cl2F3NO. The third kappa shape index (κ3) is 3.06. The predicted octanol–water partition coefficient (Wildman–Crippen LogP) is 4.57. The molecule has 0 aliphatic rings. The molecule has 1 N–H and O–H groups in total. The Labute approximate surface area is 122 Å². The number of aliphatic hydroxyl groups is 1. The third-order valence-electron chi connectivity index (χ3n) is 2.65. The third-order valence-corrected chi connectivity index (χ3v) is 3.21. The Balaban J connectivity index is 2.60. The summed E-state index contributed by atoms with van der Waals surface area (Å²) in [6, 6.07) is 5.40. The Morgan fingerprint density at radius 3 is 2.45 bits per heavy atom. The highest BCUT2D eigenvalue weighted by Crippen LogP contribution is 2.35. The van der Waals surface area contributed by atoms with Crippen molar-refractivity contribution in [3.63, 3.8) is 0 Å². The van der Waals surface area contributed by atoms with Gasteiger partial charge in [-0.15, -0.1) is 0 Å². The van der Waals surface area contributed by atoms with Gasteiger partial charge >= 0.3 is 6.18 Å². The fourth-order valence-corrected chi connectivity index (χ4v) is 2.09. The lowest BCUT2D eigenvalue weighted by Crippen LogP contribution is -2.07. The van der Waals surface area contributed by atoms with Gasteiger partial charge in [-0.05, 0) is 24.3 Å². The molecule has 0 saturated heterocycles. The van der Waals surface area contributed by atoms with Gasteiger partial charge in [-0.2, -0.15) is 13.2 Å².